The summed E-state index contributed by atoms with van der Waals surface area (Å²) in [4.78, 5) is 17.6. The number of hydrogen-bond acceptors (Lipinski definition) is 3. The average Bonchev–Trinajstić information content (AvgIpc) is 2.60. The van der Waals surface area contributed by atoms with E-state index in [1.807, 2.05) is 54.9 Å². The molecule has 0 heterocycles. The number of anilines is 1. The predicted molar refractivity (Wildman–Crippen MR) is 105 cm³/mol. The third kappa shape index (κ3) is 7.36. The van der Waals surface area contributed by atoms with Gasteiger partial charge in [0.1, 0.15) is 0 Å². The van der Waals surface area contributed by atoms with Gasteiger partial charge in [-0.15, -0.1) is 0 Å². The molecule has 0 aromatic heterocycles. The normalized spacial score (nSPS) is 12.1. The molecule has 0 bridgehead atoms. The van der Waals surface area contributed by atoms with Gasteiger partial charge in [0, 0.05) is 18.8 Å². The highest BCUT2D eigenvalue weighted by Gasteiger charge is 2.06. The maximum absolute atomic E-state index is 11.0. The number of nitrogens with one attached hydrogen (secondary N) is 1. The van der Waals surface area contributed by atoms with Crippen LogP contribution in [0.2, 0.25) is 0 Å². The number of nitrogens with zero attached hydrogens (tertiary/aromatic N) is 2. The van der Waals surface area contributed by atoms with Gasteiger partial charge >= 0.3 is 6.03 Å². The van der Waals surface area contributed by atoms with Crippen LogP contribution in [0.3, 0.4) is 0 Å². The molecule has 2 aromatic rings. The number of hydrogen-bond donors (Lipinski definition) is 3. The molecule has 1 unspecified atom stereocenters. The zero-order chi connectivity index (χ0) is 18.8. The predicted octanol–water partition coefficient (Wildman–Crippen LogP) is 2.98. The van der Waals surface area contributed by atoms with Crippen molar-refractivity contribution in [2.75, 3.05) is 11.9 Å². The van der Waals surface area contributed by atoms with Crippen LogP contribution in [0.4, 0.5) is 10.5 Å². The summed E-state index contributed by atoms with van der Waals surface area (Å²) in [5, 5.41) is 12.2. The maximum atomic E-state index is 11.0. The number of carbonyl (C=O) groups excluding carboxylic acids is 1. The molecule has 6 heteroatoms. The molecular formula is C20H26N4O2. The van der Waals surface area contributed by atoms with Gasteiger partial charge in [0.25, 0.3) is 0 Å². The Morgan fingerprint density at radius 1 is 1.23 bits per heavy atom. The van der Waals surface area contributed by atoms with Crippen molar-refractivity contribution in [2.45, 2.75) is 32.5 Å². The molecule has 6 nitrogen and oxygen atoms in total. The number of amides is 2. The lowest BCUT2D eigenvalue weighted by atomic mass is 10.2. The van der Waals surface area contributed by atoms with E-state index >= 15 is 0 Å². The standard InChI is InChI=1S/C20H26N4O2/c1-16(25)10-11-24(15-22-13-17-6-3-2-4-7-17)14-18-8-5-9-19(12-18)23-20(21)26/h2-9,12,15-16,25H,10-11,13-14H2,1H3,(H3,21,23,26). The van der Waals surface area contributed by atoms with Crippen molar-refractivity contribution in [1.29, 1.82) is 0 Å². The quantitative estimate of drug-likeness (QED) is 0.477. The summed E-state index contributed by atoms with van der Waals surface area (Å²) in [7, 11) is 0. The second-order valence-electron chi connectivity index (χ2n) is 6.24. The Balaban J connectivity index is 2.02. The largest absolute Gasteiger partial charge is 0.393 e. The van der Waals surface area contributed by atoms with E-state index in [1.165, 1.54) is 0 Å². The molecule has 0 radical (unpaired) electrons. The maximum Gasteiger partial charge on any atom is 0.316 e. The highest BCUT2D eigenvalue weighted by Crippen LogP contribution is 2.13. The van der Waals surface area contributed by atoms with Crippen LogP contribution in [0.1, 0.15) is 24.5 Å². The van der Waals surface area contributed by atoms with Crippen LogP contribution in [-0.2, 0) is 13.1 Å². The summed E-state index contributed by atoms with van der Waals surface area (Å²) >= 11 is 0. The molecule has 0 aliphatic heterocycles. The number of aliphatic hydroxyl groups is 1. The van der Waals surface area contributed by atoms with Crippen molar-refractivity contribution < 1.29 is 9.90 Å². The minimum Gasteiger partial charge on any atom is -0.393 e. The highest BCUT2D eigenvalue weighted by molar-refractivity contribution is 5.87. The first kappa shape index (κ1) is 19.5. The minimum atomic E-state index is -0.586. The first-order chi connectivity index (χ1) is 12.5. The Morgan fingerprint density at radius 3 is 2.65 bits per heavy atom. The number of aliphatic imine (C=N–C) groups is 1. The van der Waals surface area contributed by atoms with Crippen LogP contribution in [0.5, 0.6) is 0 Å². The molecule has 0 aliphatic carbocycles. The van der Waals surface area contributed by atoms with E-state index < -0.39 is 6.03 Å². The molecule has 0 aliphatic rings. The van der Waals surface area contributed by atoms with Crippen LogP contribution in [0.15, 0.2) is 59.6 Å². The van der Waals surface area contributed by atoms with Crippen LogP contribution in [-0.4, -0.2) is 35.0 Å². The zero-order valence-corrected chi connectivity index (χ0v) is 15.0. The van der Waals surface area contributed by atoms with Crippen LogP contribution >= 0.6 is 0 Å². The van der Waals surface area contributed by atoms with E-state index in [-0.39, 0.29) is 6.10 Å². The Bertz CT molecular complexity index is 717. The van der Waals surface area contributed by atoms with Crippen LogP contribution in [0, 0.1) is 0 Å². The van der Waals surface area contributed by atoms with Gasteiger partial charge in [-0.3, -0.25) is 4.99 Å². The smallest absolute Gasteiger partial charge is 0.316 e. The zero-order valence-electron chi connectivity index (χ0n) is 15.0. The average molecular weight is 354 g/mol. The molecule has 2 amide bonds. The fraction of sp³-hybridized carbons (Fsp3) is 0.300. The summed E-state index contributed by atoms with van der Waals surface area (Å²) in [5.41, 5.74) is 7.99. The van der Waals surface area contributed by atoms with E-state index in [0.29, 0.717) is 31.7 Å². The number of rotatable bonds is 9. The molecular weight excluding hydrogens is 328 g/mol. The monoisotopic (exact) mass is 354 g/mol. The van der Waals surface area contributed by atoms with Crippen LogP contribution < -0.4 is 11.1 Å². The third-order valence-electron chi connectivity index (χ3n) is 3.78. The highest BCUT2D eigenvalue weighted by atomic mass is 16.3. The van der Waals surface area contributed by atoms with E-state index in [0.717, 1.165) is 11.1 Å². The molecule has 4 N–H and O–H groups in total. The molecule has 138 valence electrons. The van der Waals surface area contributed by atoms with Gasteiger partial charge in [0.05, 0.1) is 19.0 Å². The summed E-state index contributed by atoms with van der Waals surface area (Å²) in [5.74, 6) is 0. The van der Waals surface area contributed by atoms with E-state index in [4.69, 9.17) is 5.73 Å². The lowest BCUT2D eigenvalue weighted by Crippen LogP contribution is -2.25. The summed E-state index contributed by atoms with van der Waals surface area (Å²) < 4.78 is 0. The summed E-state index contributed by atoms with van der Waals surface area (Å²) in [6.07, 6.45) is 2.10. The minimum absolute atomic E-state index is 0.372. The fourth-order valence-corrected chi connectivity index (χ4v) is 2.50. The first-order valence-corrected chi connectivity index (χ1v) is 8.64. The molecule has 26 heavy (non-hydrogen) atoms. The van der Waals surface area contributed by atoms with Gasteiger partial charge in [-0.05, 0) is 36.6 Å². The summed E-state index contributed by atoms with van der Waals surface area (Å²) in [6.45, 7) is 3.69. The number of benzene rings is 2. The van der Waals surface area contributed by atoms with Crippen molar-refractivity contribution in [1.82, 2.24) is 4.90 Å². The second-order valence-corrected chi connectivity index (χ2v) is 6.24. The molecule has 2 aromatic carbocycles. The molecule has 1 atom stereocenters. The summed E-state index contributed by atoms with van der Waals surface area (Å²) in [6, 6.07) is 17.0. The van der Waals surface area contributed by atoms with Crippen molar-refractivity contribution in [3.63, 3.8) is 0 Å². The van der Waals surface area contributed by atoms with Gasteiger partial charge in [-0.2, -0.15) is 0 Å². The molecule has 2 rings (SSSR count). The van der Waals surface area contributed by atoms with Crippen LogP contribution in [0.25, 0.3) is 0 Å². The SMILES string of the molecule is CC(O)CCN(C=NCc1ccccc1)Cc1cccc(NC(N)=O)c1. The van der Waals surface area contributed by atoms with Crippen molar-refractivity contribution in [3.8, 4) is 0 Å². The fourth-order valence-electron chi connectivity index (χ4n) is 2.50. The van der Waals surface area contributed by atoms with E-state index in [2.05, 4.69) is 15.2 Å². The number of urea groups is 1. The Labute approximate surface area is 154 Å². The molecule has 0 saturated carbocycles. The number of aliphatic hydroxyl groups excluding tert-OH is 1. The molecule has 0 spiro atoms. The van der Waals surface area contributed by atoms with Gasteiger partial charge < -0.3 is 21.1 Å². The number of primary amides is 1. The molecule has 0 saturated heterocycles. The van der Waals surface area contributed by atoms with E-state index in [1.54, 1.807) is 13.0 Å². The topological polar surface area (TPSA) is 90.9 Å². The lowest BCUT2D eigenvalue weighted by molar-refractivity contribution is 0.172. The third-order valence-corrected chi connectivity index (χ3v) is 3.78. The Morgan fingerprint density at radius 2 is 1.96 bits per heavy atom. The van der Waals surface area contributed by atoms with Gasteiger partial charge in [-0.25, -0.2) is 4.79 Å². The van der Waals surface area contributed by atoms with Crippen molar-refractivity contribution in [2.24, 2.45) is 10.7 Å². The number of nitrogens with two attached hydrogens (primary N) is 1. The first-order valence-electron chi connectivity index (χ1n) is 8.64. The second kappa shape index (κ2) is 10.2. The van der Waals surface area contributed by atoms with Gasteiger partial charge in [0.15, 0.2) is 0 Å². The lowest BCUT2D eigenvalue weighted by Gasteiger charge is -2.21. The van der Waals surface area contributed by atoms with E-state index in [9.17, 15) is 9.90 Å². The molecule has 0 fully saturated rings. The Kier molecular flexibility index (Phi) is 7.64. The van der Waals surface area contributed by atoms with Gasteiger partial charge in [-0.1, -0.05) is 42.5 Å². The van der Waals surface area contributed by atoms with Gasteiger partial charge in [0.2, 0.25) is 0 Å². The Hall–Kier alpha value is -2.86. The van der Waals surface area contributed by atoms with Crippen molar-refractivity contribution >= 4 is 18.1 Å². The van der Waals surface area contributed by atoms with Crippen molar-refractivity contribution in [3.05, 3.63) is 65.7 Å². The number of carbonyl (C=O) groups is 1.